The van der Waals surface area contributed by atoms with Crippen LogP contribution in [0.2, 0.25) is 0 Å². The number of hydrogen-bond donors (Lipinski definition) is 0. The highest BCUT2D eigenvalue weighted by Crippen LogP contribution is 2.20. The molecule has 0 fully saturated rings. The molecule has 4 nitrogen and oxygen atoms in total. The fraction of sp³-hybridized carbons (Fsp3) is 0.273. The van der Waals surface area contributed by atoms with Crippen LogP contribution in [0, 0.1) is 0 Å². The lowest BCUT2D eigenvalue weighted by molar-refractivity contribution is -0.131. The molecule has 6 heteroatoms. The third-order valence-electron chi connectivity index (χ3n) is 2.30. The van der Waals surface area contributed by atoms with E-state index in [1.807, 2.05) is 17.5 Å². The highest BCUT2D eigenvalue weighted by atomic mass is 79.9. The predicted molar refractivity (Wildman–Crippen MR) is 70.7 cm³/mol. The summed E-state index contributed by atoms with van der Waals surface area (Å²) in [5, 5.41) is 6.03. The lowest BCUT2D eigenvalue weighted by Crippen LogP contribution is -2.29. The minimum absolute atomic E-state index is 0.0539. The van der Waals surface area contributed by atoms with Gasteiger partial charge in [0.05, 0.1) is 6.54 Å². The van der Waals surface area contributed by atoms with Crippen LogP contribution in [-0.2, 0) is 17.9 Å². The van der Waals surface area contributed by atoms with Crippen molar-refractivity contribution >= 4 is 33.2 Å². The van der Waals surface area contributed by atoms with Crippen molar-refractivity contribution in [3.63, 3.8) is 0 Å². The van der Waals surface area contributed by atoms with Crippen LogP contribution in [0.15, 0.2) is 34.4 Å². The molecule has 0 aliphatic carbocycles. The van der Waals surface area contributed by atoms with Crippen molar-refractivity contribution in [2.45, 2.75) is 13.1 Å². The first-order valence-electron chi connectivity index (χ1n) is 5.09. The maximum Gasteiger partial charge on any atom is 0.244 e. The maximum atomic E-state index is 11.9. The number of aromatic nitrogens is 2. The molecule has 0 radical (unpaired) electrons. The molecule has 1 amide bonds. The van der Waals surface area contributed by atoms with Crippen LogP contribution in [0.5, 0.6) is 0 Å². The summed E-state index contributed by atoms with van der Waals surface area (Å²) < 4.78 is 2.69. The normalized spacial score (nSPS) is 10.5. The number of rotatable bonds is 4. The molecule has 0 saturated heterocycles. The summed E-state index contributed by atoms with van der Waals surface area (Å²) in [7, 11) is 1.81. The van der Waals surface area contributed by atoms with Crippen molar-refractivity contribution < 1.29 is 4.79 Å². The van der Waals surface area contributed by atoms with Crippen LogP contribution in [-0.4, -0.2) is 27.6 Å². The minimum Gasteiger partial charge on any atom is -0.339 e. The van der Waals surface area contributed by atoms with Crippen LogP contribution in [0.1, 0.15) is 4.88 Å². The van der Waals surface area contributed by atoms with Gasteiger partial charge < -0.3 is 4.90 Å². The maximum absolute atomic E-state index is 11.9. The topological polar surface area (TPSA) is 38.1 Å². The first kappa shape index (κ1) is 12.3. The lowest BCUT2D eigenvalue weighted by Gasteiger charge is -2.16. The lowest BCUT2D eigenvalue weighted by atomic mass is 10.4. The van der Waals surface area contributed by atoms with Gasteiger partial charge in [0, 0.05) is 34.2 Å². The number of thiophene rings is 1. The van der Waals surface area contributed by atoms with E-state index in [0.29, 0.717) is 6.54 Å². The van der Waals surface area contributed by atoms with Gasteiger partial charge in [0.2, 0.25) is 5.91 Å². The third kappa shape index (κ3) is 3.41. The van der Waals surface area contributed by atoms with E-state index < -0.39 is 0 Å². The van der Waals surface area contributed by atoms with Gasteiger partial charge in [0.1, 0.15) is 6.54 Å². The Labute approximate surface area is 112 Å². The van der Waals surface area contributed by atoms with E-state index >= 15 is 0 Å². The molecule has 2 heterocycles. The Kier molecular flexibility index (Phi) is 3.96. The summed E-state index contributed by atoms with van der Waals surface area (Å²) in [5.41, 5.74) is 0. The molecule has 17 heavy (non-hydrogen) atoms. The van der Waals surface area contributed by atoms with Crippen LogP contribution >= 0.6 is 27.3 Å². The second kappa shape index (κ2) is 5.46. The molecule has 2 rings (SSSR count). The van der Waals surface area contributed by atoms with Crippen molar-refractivity contribution in [1.29, 1.82) is 0 Å². The van der Waals surface area contributed by atoms with Gasteiger partial charge in [-0.25, -0.2) is 0 Å². The zero-order chi connectivity index (χ0) is 12.3. The average molecular weight is 314 g/mol. The summed E-state index contributed by atoms with van der Waals surface area (Å²) in [6, 6.07) is 3.84. The van der Waals surface area contributed by atoms with E-state index in [2.05, 4.69) is 21.0 Å². The molecule has 0 bridgehead atoms. The number of carbonyl (C=O) groups is 1. The standard InChI is InChI=1S/C11H12BrN3OS/c1-14(6-10-5-9(12)8-17-10)11(16)7-15-4-2-3-13-15/h2-5,8H,6-7H2,1H3. The van der Waals surface area contributed by atoms with Crippen molar-refractivity contribution in [2.24, 2.45) is 0 Å². The summed E-state index contributed by atoms with van der Waals surface area (Å²) >= 11 is 5.04. The van der Waals surface area contributed by atoms with E-state index in [0.717, 1.165) is 9.35 Å². The van der Waals surface area contributed by atoms with Gasteiger partial charge in [-0.1, -0.05) is 0 Å². The molecule has 0 N–H and O–H groups in total. The molecule has 0 aromatic carbocycles. The molecule has 0 atom stereocenters. The van der Waals surface area contributed by atoms with Gasteiger partial charge in [0.25, 0.3) is 0 Å². The van der Waals surface area contributed by atoms with E-state index in [1.165, 1.54) is 0 Å². The van der Waals surface area contributed by atoms with Gasteiger partial charge in [-0.3, -0.25) is 9.48 Å². The first-order valence-corrected chi connectivity index (χ1v) is 6.77. The molecule has 0 saturated carbocycles. The van der Waals surface area contributed by atoms with E-state index in [1.54, 1.807) is 40.4 Å². The second-order valence-electron chi connectivity index (χ2n) is 3.68. The zero-order valence-corrected chi connectivity index (χ0v) is 11.7. The first-order chi connectivity index (χ1) is 8.15. The largest absolute Gasteiger partial charge is 0.339 e. The molecule has 0 aliphatic rings. The Hall–Kier alpha value is -1.14. The number of nitrogens with zero attached hydrogens (tertiary/aromatic N) is 3. The van der Waals surface area contributed by atoms with Crippen molar-refractivity contribution in [3.05, 3.63) is 39.3 Å². The van der Waals surface area contributed by atoms with Crippen molar-refractivity contribution in [1.82, 2.24) is 14.7 Å². The van der Waals surface area contributed by atoms with Gasteiger partial charge >= 0.3 is 0 Å². The van der Waals surface area contributed by atoms with E-state index in [4.69, 9.17) is 0 Å². The molecule has 90 valence electrons. The summed E-state index contributed by atoms with van der Waals surface area (Å²) in [6.45, 7) is 0.923. The van der Waals surface area contributed by atoms with Gasteiger partial charge in [-0.05, 0) is 28.1 Å². The molecule has 0 unspecified atom stereocenters. The second-order valence-corrected chi connectivity index (χ2v) is 5.60. The Morgan fingerprint density at radius 1 is 1.65 bits per heavy atom. The number of halogens is 1. The number of amides is 1. The Morgan fingerprint density at radius 2 is 2.47 bits per heavy atom. The molecule has 2 aromatic heterocycles. The fourth-order valence-electron chi connectivity index (χ4n) is 1.41. The van der Waals surface area contributed by atoms with Crippen molar-refractivity contribution in [3.8, 4) is 0 Å². The smallest absolute Gasteiger partial charge is 0.244 e. The van der Waals surface area contributed by atoms with Crippen molar-refractivity contribution in [2.75, 3.05) is 7.05 Å². The molecule has 0 aliphatic heterocycles. The van der Waals surface area contributed by atoms with Crippen LogP contribution in [0.4, 0.5) is 0 Å². The number of likely N-dealkylation sites (N-methyl/N-ethyl adjacent to an activating group) is 1. The fourth-order valence-corrected chi connectivity index (χ4v) is 2.92. The predicted octanol–water partition coefficient (Wildman–Crippen LogP) is 2.37. The molecule has 0 spiro atoms. The third-order valence-corrected chi connectivity index (χ3v) is 3.98. The summed E-state index contributed by atoms with van der Waals surface area (Å²) in [6.07, 6.45) is 3.46. The quantitative estimate of drug-likeness (QED) is 0.869. The van der Waals surface area contributed by atoms with E-state index in [-0.39, 0.29) is 12.5 Å². The Morgan fingerprint density at radius 3 is 3.06 bits per heavy atom. The highest BCUT2D eigenvalue weighted by Gasteiger charge is 2.11. The summed E-state index contributed by atoms with van der Waals surface area (Å²) in [5.74, 6) is 0.0539. The van der Waals surface area contributed by atoms with Crippen LogP contribution < -0.4 is 0 Å². The molecular weight excluding hydrogens is 302 g/mol. The van der Waals surface area contributed by atoms with Gasteiger partial charge in [-0.2, -0.15) is 5.10 Å². The SMILES string of the molecule is CN(Cc1cc(Br)cs1)C(=O)Cn1cccn1. The minimum atomic E-state index is 0.0539. The number of carbonyl (C=O) groups excluding carboxylic acids is 1. The Balaban J connectivity index is 1.91. The highest BCUT2D eigenvalue weighted by molar-refractivity contribution is 9.10. The summed E-state index contributed by atoms with van der Waals surface area (Å²) in [4.78, 5) is 14.7. The Bertz CT molecular complexity index is 495. The van der Waals surface area contributed by atoms with Crippen LogP contribution in [0.3, 0.4) is 0 Å². The van der Waals surface area contributed by atoms with Crippen LogP contribution in [0.25, 0.3) is 0 Å². The number of hydrogen-bond acceptors (Lipinski definition) is 3. The molecular formula is C11H12BrN3OS. The van der Waals surface area contributed by atoms with Gasteiger partial charge in [-0.15, -0.1) is 11.3 Å². The average Bonchev–Trinajstić information content (AvgIpc) is 2.90. The van der Waals surface area contributed by atoms with E-state index in [9.17, 15) is 4.79 Å². The van der Waals surface area contributed by atoms with Gasteiger partial charge in [0.15, 0.2) is 0 Å². The zero-order valence-electron chi connectivity index (χ0n) is 9.34. The molecule has 2 aromatic rings. The monoisotopic (exact) mass is 313 g/mol.